The van der Waals surface area contributed by atoms with Crippen LogP contribution in [0.25, 0.3) is 0 Å². The Hall–Kier alpha value is -1.69. The number of unbranched alkanes of at least 4 members (excludes halogenated alkanes) is 2. The van der Waals surface area contributed by atoms with E-state index in [9.17, 15) is 20.1 Å². The van der Waals surface area contributed by atoms with Crippen LogP contribution in [0.3, 0.4) is 0 Å². The topological polar surface area (TPSA) is 98.0 Å². The van der Waals surface area contributed by atoms with Gasteiger partial charge in [0, 0.05) is 6.42 Å². The van der Waals surface area contributed by atoms with Gasteiger partial charge in [0.05, 0.1) is 18.3 Å². The fourth-order valence-corrected chi connectivity index (χ4v) is 2.09. The molecule has 0 radical (unpaired) electrons. The minimum atomic E-state index is -0.855. The highest BCUT2D eigenvalue weighted by molar-refractivity contribution is 5.66. The lowest BCUT2D eigenvalue weighted by Gasteiger charge is -2.13. The molecule has 0 saturated heterocycles. The number of rotatable bonds is 14. The van der Waals surface area contributed by atoms with Gasteiger partial charge in [-0.1, -0.05) is 74.8 Å². The third-order valence-corrected chi connectivity index (χ3v) is 3.59. The highest BCUT2D eigenvalue weighted by atomic mass is 16.4. The number of carboxylic acids is 1. The van der Waals surface area contributed by atoms with Gasteiger partial charge in [0.1, 0.15) is 0 Å². The summed E-state index contributed by atoms with van der Waals surface area (Å²) in [5.74, 6) is -0.854. The second kappa shape index (κ2) is 15.8. The second-order valence-corrected chi connectivity index (χ2v) is 5.95. The van der Waals surface area contributed by atoms with Crippen molar-refractivity contribution < 1.29 is 25.2 Å². The largest absolute Gasteiger partial charge is 0.481 e. The molecule has 0 aromatic heterocycles. The summed E-state index contributed by atoms with van der Waals surface area (Å²) in [6.45, 7) is 2.09. The molecule has 5 nitrogen and oxygen atoms in total. The van der Waals surface area contributed by atoms with Crippen LogP contribution in [-0.2, 0) is 4.79 Å². The van der Waals surface area contributed by atoms with Crippen LogP contribution in [0.15, 0.2) is 48.6 Å². The van der Waals surface area contributed by atoms with Crippen LogP contribution in [0, 0.1) is 0 Å². The molecule has 0 heterocycles. The zero-order valence-corrected chi connectivity index (χ0v) is 15.0. The quantitative estimate of drug-likeness (QED) is 0.284. The highest BCUT2D eigenvalue weighted by Gasteiger charge is 2.11. The number of hydrogen-bond donors (Lipinski definition) is 4. The Morgan fingerprint density at radius 3 is 2.04 bits per heavy atom. The molecule has 0 unspecified atom stereocenters. The first kappa shape index (κ1) is 23.3. The van der Waals surface area contributed by atoms with Crippen LogP contribution in [0.1, 0.15) is 51.9 Å². The minimum absolute atomic E-state index is 0.0644. The monoisotopic (exact) mass is 352 g/mol. The first-order chi connectivity index (χ1) is 12.0. The van der Waals surface area contributed by atoms with Gasteiger partial charge in [0.25, 0.3) is 0 Å². The number of aliphatic hydroxyl groups is 3. The molecule has 25 heavy (non-hydrogen) atoms. The van der Waals surface area contributed by atoms with Gasteiger partial charge >= 0.3 is 5.97 Å². The molecule has 142 valence electrons. The lowest BCUT2D eigenvalue weighted by atomic mass is 10.1. The first-order valence-corrected chi connectivity index (χ1v) is 8.91. The third-order valence-electron chi connectivity index (χ3n) is 3.59. The van der Waals surface area contributed by atoms with E-state index in [1.165, 1.54) is 0 Å². The Kier molecular flexibility index (Phi) is 14.7. The molecule has 0 aliphatic carbocycles. The van der Waals surface area contributed by atoms with Gasteiger partial charge in [-0.05, 0) is 19.3 Å². The van der Waals surface area contributed by atoms with Crippen molar-refractivity contribution in [3.8, 4) is 0 Å². The molecule has 0 bridgehead atoms. The van der Waals surface area contributed by atoms with Gasteiger partial charge in [0.2, 0.25) is 0 Å². The van der Waals surface area contributed by atoms with Crippen molar-refractivity contribution in [2.24, 2.45) is 0 Å². The van der Waals surface area contributed by atoms with E-state index in [1.807, 2.05) is 0 Å². The fraction of sp³-hybridized carbons (Fsp3) is 0.550. The molecular weight excluding hydrogens is 320 g/mol. The molecule has 0 rings (SSSR count). The predicted molar refractivity (Wildman–Crippen MR) is 100 cm³/mol. The average molecular weight is 352 g/mol. The summed E-state index contributed by atoms with van der Waals surface area (Å²) in [4.78, 5) is 10.4. The lowest BCUT2D eigenvalue weighted by Crippen LogP contribution is -2.23. The Morgan fingerprint density at radius 1 is 0.840 bits per heavy atom. The van der Waals surface area contributed by atoms with Crippen molar-refractivity contribution in [1.29, 1.82) is 0 Å². The van der Waals surface area contributed by atoms with E-state index < -0.39 is 24.3 Å². The normalized spacial score (nSPS) is 16.3. The maximum absolute atomic E-state index is 10.4. The fourth-order valence-electron chi connectivity index (χ4n) is 2.09. The number of allylic oxidation sites excluding steroid dienone is 6. The van der Waals surface area contributed by atoms with Crippen LogP contribution in [0.4, 0.5) is 0 Å². The second-order valence-electron chi connectivity index (χ2n) is 5.95. The van der Waals surface area contributed by atoms with Crippen molar-refractivity contribution in [3.63, 3.8) is 0 Å². The smallest absolute Gasteiger partial charge is 0.303 e. The Morgan fingerprint density at radius 2 is 1.44 bits per heavy atom. The van der Waals surface area contributed by atoms with Gasteiger partial charge in [-0.15, -0.1) is 0 Å². The Bertz CT molecular complexity index is 451. The van der Waals surface area contributed by atoms with Crippen LogP contribution in [0.2, 0.25) is 0 Å². The molecule has 0 spiro atoms. The van der Waals surface area contributed by atoms with Gasteiger partial charge in [-0.3, -0.25) is 4.79 Å². The highest BCUT2D eigenvalue weighted by Crippen LogP contribution is 2.07. The SMILES string of the molecule is CCCCC[C@@H](O)[C@H](O)/C=C/C=C/C=C\C=C\[C@@H](O)CCCC(=O)O. The Balaban J connectivity index is 3.96. The molecule has 0 aromatic rings. The van der Waals surface area contributed by atoms with E-state index in [2.05, 4.69) is 6.92 Å². The first-order valence-electron chi connectivity index (χ1n) is 8.91. The zero-order chi connectivity index (χ0) is 18.9. The molecule has 4 N–H and O–H groups in total. The van der Waals surface area contributed by atoms with Gasteiger partial charge in [0.15, 0.2) is 0 Å². The maximum Gasteiger partial charge on any atom is 0.303 e. The summed E-state index contributed by atoms with van der Waals surface area (Å²) in [5, 5.41) is 37.6. The molecule has 3 atom stereocenters. The average Bonchev–Trinajstić information content (AvgIpc) is 2.56. The van der Waals surface area contributed by atoms with E-state index >= 15 is 0 Å². The number of aliphatic carboxylic acids is 1. The Labute approximate surface area is 150 Å². The predicted octanol–water partition coefficient (Wildman–Crippen LogP) is 3.13. The van der Waals surface area contributed by atoms with E-state index in [0.717, 1.165) is 19.3 Å². The number of carboxylic acid groups (broad SMARTS) is 1. The van der Waals surface area contributed by atoms with Crippen molar-refractivity contribution in [2.75, 3.05) is 0 Å². The number of carbonyl (C=O) groups is 1. The minimum Gasteiger partial charge on any atom is -0.481 e. The van der Waals surface area contributed by atoms with Gasteiger partial charge < -0.3 is 20.4 Å². The lowest BCUT2D eigenvalue weighted by molar-refractivity contribution is -0.137. The van der Waals surface area contributed by atoms with Crippen LogP contribution >= 0.6 is 0 Å². The molecule has 0 amide bonds. The number of aliphatic hydroxyl groups excluding tert-OH is 3. The molecule has 0 aliphatic heterocycles. The van der Waals surface area contributed by atoms with Gasteiger partial charge in [-0.2, -0.15) is 0 Å². The summed E-state index contributed by atoms with van der Waals surface area (Å²) < 4.78 is 0. The van der Waals surface area contributed by atoms with Crippen LogP contribution in [0.5, 0.6) is 0 Å². The van der Waals surface area contributed by atoms with Crippen LogP contribution < -0.4 is 0 Å². The summed E-state index contributed by atoms with van der Waals surface area (Å²) in [5.41, 5.74) is 0. The number of hydrogen-bond acceptors (Lipinski definition) is 4. The zero-order valence-electron chi connectivity index (χ0n) is 15.0. The maximum atomic E-state index is 10.4. The van der Waals surface area contributed by atoms with Crippen molar-refractivity contribution in [1.82, 2.24) is 0 Å². The molecular formula is C20H32O5. The summed E-state index contributed by atoms with van der Waals surface area (Å²) >= 11 is 0. The summed E-state index contributed by atoms with van der Waals surface area (Å²) in [6.07, 6.45) is 16.0. The molecule has 5 heteroatoms. The molecule has 0 saturated carbocycles. The van der Waals surface area contributed by atoms with Crippen molar-refractivity contribution in [3.05, 3.63) is 48.6 Å². The van der Waals surface area contributed by atoms with E-state index in [1.54, 1.807) is 48.6 Å². The van der Waals surface area contributed by atoms with E-state index in [4.69, 9.17) is 5.11 Å². The van der Waals surface area contributed by atoms with Crippen molar-refractivity contribution >= 4 is 5.97 Å². The van der Waals surface area contributed by atoms with E-state index in [0.29, 0.717) is 19.3 Å². The van der Waals surface area contributed by atoms with Gasteiger partial charge in [-0.25, -0.2) is 0 Å². The van der Waals surface area contributed by atoms with E-state index in [-0.39, 0.29) is 6.42 Å². The van der Waals surface area contributed by atoms with Crippen molar-refractivity contribution in [2.45, 2.75) is 70.2 Å². The molecule has 0 aromatic carbocycles. The molecule has 0 aliphatic rings. The van der Waals surface area contributed by atoms with Crippen LogP contribution in [-0.4, -0.2) is 44.7 Å². The standard InChI is InChI=1S/C20H32O5/c1-2-3-8-14-18(22)19(23)15-10-7-5-4-6-9-12-17(21)13-11-16-20(24)25/h4-7,9-10,12,15,17-19,21-23H,2-3,8,11,13-14,16H2,1H3,(H,24,25)/b6-4-,7-5+,12-9+,15-10+/t17-,18-,19-/m1/s1. The third kappa shape index (κ3) is 15.6. The molecule has 0 fully saturated rings. The summed E-state index contributed by atoms with van der Waals surface area (Å²) in [6, 6.07) is 0. The summed E-state index contributed by atoms with van der Waals surface area (Å²) in [7, 11) is 0.